The molecule has 0 aliphatic carbocycles. The molecular weight excluding hydrogens is 332 g/mol. The van der Waals surface area contributed by atoms with Crippen LogP contribution in [0.3, 0.4) is 0 Å². The highest BCUT2D eigenvalue weighted by molar-refractivity contribution is 6.05. The van der Waals surface area contributed by atoms with E-state index < -0.39 is 17.6 Å². The first kappa shape index (κ1) is 17.5. The molecule has 0 unspecified atom stereocenters. The van der Waals surface area contributed by atoms with Crippen LogP contribution in [-0.4, -0.2) is 28.1 Å². The number of aryl methyl sites for hydroxylation is 1. The van der Waals surface area contributed by atoms with E-state index in [1.807, 2.05) is 19.1 Å². The molecule has 1 atom stereocenters. The van der Waals surface area contributed by atoms with Crippen LogP contribution in [0.5, 0.6) is 0 Å². The van der Waals surface area contributed by atoms with E-state index in [0.29, 0.717) is 16.3 Å². The lowest BCUT2D eigenvalue weighted by Crippen LogP contribution is -2.26. The first-order valence-electron chi connectivity index (χ1n) is 8.32. The fourth-order valence-electron chi connectivity index (χ4n) is 2.68. The molecule has 26 heavy (non-hydrogen) atoms. The fraction of sp³-hybridized carbons (Fsp3) is 0.200. The zero-order valence-corrected chi connectivity index (χ0v) is 14.5. The molecule has 0 amide bonds. The van der Waals surface area contributed by atoms with Crippen LogP contribution in [-0.2, 0) is 11.2 Å². The van der Waals surface area contributed by atoms with Gasteiger partial charge in [0, 0.05) is 10.9 Å². The maximum atomic E-state index is 12.5. The van der Waals surface area contributed by atoms with Crippen LogP contribution in [0.4, 0.5) is 0 Å². The van der Waals surface area contributed by atoms with Gasteiger partial charge in [0.1, 0.15) is 0 Å². The Morgan fingerprint density at radius 2 is 1.73 bits per heavy atom. The Morgan fingerprint density at radius 1 is 1.08 bits per heavy atom. The van der Waals surface area contributed by atoms with E-state index in [1.165, 1.54) is 6.92 Å². The van der Waals surface area contributed by atoms with Gasteiger partial charge in [-0.05, 0) is 25.0 Å². The molecule has 0 saturated carbocycles. The molecule has 6 nitrogen and oxygen atoms in total. The molecule has 0 saturated heterocycles. The van der Waals surface area contributed by atoms with Crippen molar-refractivity contribution in [2.24, 2.45) is 0 Å². The number of esters is 1. The van der Waals surface area contributed by atoms with Crippen molar-refractivity contribution >= 4 is 22.5 Å². The van der Waals surface area contributed by atoms with Gasteiger partial charge in [0.2, 0.25) is 5.78 Å². The average molecular weight is 350 g/mol. The SMILES string of the molecule is CCc1ccc(C(=O)[C@H](C)OC(=O)c2n[nH]c(=O)c3ccccc23)cc1. The number of hydrogen-bond donors (Lipinski definition) is 1. The predicted octanol–water partition coefficient (Wildman–Crippen LogP) is 2.91. The maximum Gasteiger partial charge on any atom is 0.360 e. The summed E-state index contributed by atoms with van der Waals surface area (Å²) in [6.07, 6.45) is -0.0910. The number of nitrogens with one attached hydrogen (secondary N) is 1. The first-order chi connectivity index (χ1) is 12.5. The lowest BCUT2D eigenvalue weighted by molar-refractivity contribution is 0.0314. The number of fused-ring (bicyclic) bond motifs is 1. The molecule has 6 heteroatoms. The Balaban J connectivity index is 1.82. The van der Waals surface area contributed by atoms with E-state index in [0.717, 1.165) is 12.0 Å². The van der Waals surface area contributed by atoms with E-state index in [4.69, 9.17) is 4.74 Å². The molecule has 0 bridgehead atoms. The number of carbonyl (C=O) groups excluding carboxylic acids is 2. The van der Waals surface area contributed by atoms with Crippen molar-refractivity contribution < 1.29 is 14.3 Å². The number of nitrogens with zero attached hydrogens (tertiary/aromatic N) is 1. The van der Waals surface area contributed by atoms with Crippen molar-refractivity contribution in [3.8, 4) is 0 Å². The molecule has 132 valence electrons. The number of hydrogen-bond acceptors (Lipinski definition) is 5. The molecule has 0 aliphatic rings. The minimum atomic E-state index is -0.970. The highest BCUT2D eigenvalue weighted by atomic mass is 16.5. The fourth-order valence-corrected chi connectivity index (χ4v) is 2.68. The van der Waals surface area contributed by atoms with Gasteiger partial charge in [-0.1, -0.05) is 49.4 Å². The molecule has 0 aliphatic heterocycles. The van der Waals surface area contributed by atoms with Gasteiger partial charge in [0.15, 0.2) is 11.8 Å². The summed E-state index contributed by atoms with van der Waals surface area (Å²) >= 11 is 0. The van der Waals surface area contributed by atoms with E-state index >= 15 is 0 Å². The van der Waals surface area contributed by atoms with Crippen LogP contribution < -0.4 is 5.56 Å². The molecule has 1 N–H and O–H groups in total. The number of benzene rings is 2. The standard InChI is InChI=1S/C20H18N2O4/c1-3-13-8-10-14(11-9-13)18(23)12(2)26-20(25)17-15-6-4-5-7-16(15)19(24)22-21-17/h4-12H,3H2,1-2H3,(H,22,24)/t12-/m0/s1. The van der Waals surface area contributed by atoms with Crippen molar-refractivity contribution in [2.75, 3.05) is 0 Å². The second-order valence-corrected chi connectivity index (χ2v) is 5.91. The van der Waals surface area contributed by atoms with Crippen LogP contribution in [0.15, 0.2) is 53.3 Å². The monoisotopic (exact) mass is 350 g/mol. The molecular formula is C20H18N2O4. The van der Waals surface area contributed by atoms with Crippen LogP contribution in [0, 0.1) is 0 Å². The molecule has 1 aromatic heterocycles. The van der Waals surface area contributed by atoms with Crippen molar-refractivity contribution in [1.82, 2.24) is 10.2 Å². The summed E-state index contributed by atoms with van der Waals surface area (Å²) in [5.41, 5.74) is 1.18. The van der Waals surface area contributed by atoms with Crippen molar-refractivity contribution in [3.05, 3.63) is 75.7 Å². The Morgan fingerprint density at radius 3 is 2.38 bits per heavy atom. The maximum absolute atomic E-state index is 12.5. The van der Waals surface area contributed by atoms with Crippen LogP contribution in [0.1, 0.15) is 40.3 Å². The van der Waals surface area contributed by atoms with Crippen molar-refractivity contribution in [3.63, 3.8) is 0 Å². The third kappa shape index (κ3) is 3.39. The minimum Gasteiger partial charge on any atom is -0.449 e. The second-order valence-electron chi connectivity index (χ2n) is 5.91. The van der Waals surface area contributed by atoms with Gasteiger partial charge in [-0.3, -0.25) is 9.59 Å². The summed E-state index contributed by atoms with van der Waals surface area (Å²) in [5, 5.41) is 6.79. The normalized spacial score (nSPS) is 11.9. The van der Waals surface area contributed by atoms with Gasteiger partial charge in [-0.25, -0.2) is 9.89 Å². The molecule has 0 radical (unpaired) electrons. The summed E-state index contributed by atoms with van der Waals surface area (Å²) in [6.45, 7) is 3.55. The molecule has 3 aromatic rings. The predicted molar refractivity (Wildman–Crippen MR) is 97.4 cm³/mol. The summed E-state index contributed by atoms with van der Waals surface area (Å²) in [5.74, 6) is -1.06. The quantitative estimate of drug-likeness (QED) is 0.564. The van der Waals surface area contributed by atoms with Crippen LogP contribution in [0.25, 0.3) is 10.8 Å². The smallest absolute Gasteiger partial charge is 0.360 e. The van der Waals surface area contributed by atoms with E-state index in [1.54, 1.807) is 36.4 Å². The summed E-state index contributed by atoms with van der Waals surface area (Å²) in [7, 11) is 0. The lowest BCUT2D eigenvalue weighted by atomic mass is 10.0. The van der Waals surface area contributed by atoms with Gasteiger partial charge in [0.25, 0.3) is 5.56 Å². The summed E-state index contributed by atoms with van der Waals surface area (Å²) < 4.78 is 5.28. The number of aromatic nitrogens is 2. The Kier molecular flexibility index (Phi) is 4.93. The van der Waals surface area contributed by atoms with E-state index in [2.05, 4.69) is 10.2 Å². The lowest BCUT2D eigenvalue weighted by Gasteiger charge is -2.13. The highest BCUT2D eigenvalue weighted by Crippen LogP contribution is 2.15. The minimum absolute atomic E-state index is 0.0267. The average Bonchev–Trinajstić information content (AvgIpc) is 2.67. The summed E-state index contributed by atoms with van der Waals surface area (Å²) in [4.78, 5) is 36.7. The molecule has 3 rings (SSSR count). The number of H-pyrrole nitrogens is 1. The number of rotatable bonds is 5. The van der Waals surface area contributed by atoms with Gasteiger partial charge >= 0.3 is 5.97 Å². The van der Waals surface area contributed by atoms with Gasteiger partial charge in [-0.2, -0.15) is 5.10 Å². The van der Waals surface area contributed by atoms with Crippen molar-refractivity contribution in [2.45, 2.75) is 26.4 Å². The molecule has 0 spiro atoms. The number of ether oxygens (including phenoxy) is 1. The Labute approximate surface area is 149 Å². The molecule has 2 aromatic carbocycles. The number of aromatic amines is 1. The van der Waals surface area contributed by atoms with E-state index in [9.17, 15) is 14.4 Å². The zero-order valence-electron chi connectivity index (χ0n) is 14.5. The second kappa shape index (κ2) is 7.31. The third-order valence-electron chi connectivity index (χ3n) is 4.19. The zero-order chi connectivity index (χ0) is 18.7. The molecule has 0 fully saturated rings. The van der Waals surface area contributed by atoms with Gasteiger partial charge in [0.05, 0.1) is 5.39 Å². The summed E-state index contributed by atoms with van der Waals surface area (Å²) in [6, 6.07) is 13.8. The van der Waals surface area contributed by atoms with E-state index in [-0.39, 0.29) is 11.5 Å². The number of Topliss-reactive ketones (excluding diaryl/α,β-unsaturated/α-hetero) is 1. The Bertz CT molecular complexity index is 1020. The highest BCUT2D eigenvalue weighted by Gasteiger charge is 2.23. The Hall–Kier alpha value is -3.28. The van der Waals surface area contributed by atoms with Crippen LogP contribution in [0.2, 0.25) is 0 Å². The number of ketones is 1. The largest absolute Gasteiger partial charge is 0.449 e. The number of carbonyl (C=O) groups is 2. The van der Waals surface area contributed by atoms with Crippen molar-refractivity contribution in [1.29, 1.82) is 0 Å². The first-order valence-corrected chi connectivity index (χ1v) is 8.32. The van der Waals surface area contributed by atoms with Gasteiger partial charge < -0.3 is 4.74 Å². The molecule has 1 heterocycles. The van der Waals surface area contributed by atoms with Crippen LogP contribution >= 0.6 is 0 Å². The topological polar surface area (TPSA) is 89.1 Å². The van der Waals surface area contributed by atoms with Gasteiger partial charge in [-0.15, -0.1) is 0 Å². The third-order valence-corrected chi connectivity index (χ3v) is 4.19.